The van der Waals surface area contributed by atoms with Gasteiger partial charge in [-0.25, -0.2) is 4.39 Å². The Morgan fingerprint density at radius 1 is 1.25 bits per heavy atom. The predicted molar refractivity (Wildman–Crippen MR) is 79.2 cm³/mol. The van der Waals surface area contributed by atoms with Gasteiger partial charge in [0.2, 0.25) is 0 Å². The van der Waals surface area contributed by atoms with Gasteiger partial charge in [0.1, 0.15) is 17.8 Å². The maximum absolute atomic E-state index is 13.1. The van der Waals surface area contributed by atoms with Crippen LogP contribution in [-0.2, 0) is 4.79 Å². The number of nitrogens with zero attached hydrogens (tertiary/aromatic N) is 1. The summed E-state index contributed by atoms with van der Waals surface area (Å²) in [5.74, 6) is -2.57. The molecule has 126 valence electrons. The van der Waals surface area contributed by atoms with Crippen LogP contribution in [0.4, 0.5) is 17.6 Å². The molecular weight excluding hydrogens is 326 g/mol. The molecule has 1 amide bonds. The highest BCUT2D eigenvalue weighted by molar-refractivity contribution is 5.86. The molecule has 2 aliphatic rings. The second-order valence-electron chi connectivity index (χ2n) is 5.41. The molecule has 0 aromatic heterocycles. The highest BCUT2D eigenvalue weighted by Gasteiger charge is 2.42. The number of rotatable bonds is 2. The molecule has 3 rings (SSSR count). The average molecular weight is 339 g/mol. The van der Waals surface area contributed by atoms with E-state index in [2.05, 4.69) is 5.32 Å². The molecule has 4 nitrogen and oxygen atoms in total. The molecule has 1 unspecified atom stereocenters. The molecule has 0 spiro atoms. The number of hydrogen-bond donors (Lipinski definition) is 2. The molecule has 2 N–H and O–H groups in total. The van der Waals surface area contributed by atoms with Gasteiger partial charge in [-0.15, -0.1) is 0 Å². The van der Waals surface area contributed by atoms with Crippen molar-refractivity contribution in [2.45, 2.75) is 19.3 Å². The summed E-state index contributed by atoms with van der Waals surface area (Å²) in [5, 5.41) is 4.93. The lowest BCUT2D eigenvalue weighted by Gasteiger charge is -2.26. The summed E-state index contributed by atoms with van der Waals surface area (Å²) in [6, 6.07) is 5.25. The lowest BCUT2D eigenvalue weighted by atomic mass is 10.1. The van der Waals surface area contributed by atoms with E-state index >= 15 is 0 Å². The Balaban J connectivity index is 2.03. The first-order chi connectivity index (χ1) is 11.3. The van der Waals surface area contributed by atoms with E-state index in [0.717, 1.165) is 5.57 Å². The fourth-order valence-electron chi connectivity index (χ4n) is 2.49. The number of carbonyl (C=O) groups excluding carboxylic acids is 1. The van der Waals surface area contributed by atoms with E-state index in [-0.39, 0.29) is 11.5 Å². The minimum atomic E-state index is -5.01. The largest absolute Gasteiger partial charge is 0.471 e. The van der Waals surface area contributed by atoms with Crippen LogP contribution >= 0.6 is 0 Å². The van der Waals surface area contributed by atoms with Crippen LogP contribution in [0.15, 0.2) is 54.0 Å². The first-order valence-corrected chi connectivity index (χ1v) is 7.05. The van der Waals surface area contributed by atoms with Gasteiger partial charge in [0.25, 0.3) is 0 Å². The van der Waals surface area contributed by atoms with Crippen LogP contribution in [-0.4, -0.2) is 23.1 Å². The molecule has 0 radical (unpaired) electrons. The zero-order chi connectivity index (χ0) is 17.5. The van der Waals surface area contributed by atoms with Gasteiger partial charge in [-0.3, -0.25) is 4.79 Å². The molecule has 0 saturated carbocycles. The fraction of sp³-hybridized carbons (Fsp3) is 0.188. The topological polar surface area (TPSA) is 44.4 Å². The van der Waals surface area contributed by atoms with Crippen LogP contribution in [0.3, 0.4) is 0 Å². The van der Waals surface area contributed by atoms with E-state index in [1.807, 2.05) is 11.4 Å². The first-order valence-electron chi connectivity index (χ1n) is 7.05. The summed E-state index contributed by atoms with van der Waals surface area (Å²) in [7, 11) is 0. The number of fused-ring (bicyclic) bond motifs is 1. The zero-order valence-corrected chi connectivity index (χ0v) is 12.5. The summed E-state index contributed by atoms with van der Waals surface area (Å²) in [6.45, 7) is 1.78. The van der Waals surface area contributed by atoms with Crippen LogP contribution in [0.25, 0.3) is 5.70 Å². The standard InChI is InChI=1S/C16H13F4N3O/c1-9-2-7-12-21-13(10-3-5-11(17)6-4-10)14(23(12)8-9)22-15(24)16(18,19)20/h2-8,12,21H,1H3,(H,22,24). The molecule has 24 heavy (non-hydrogen) atoms. The van der Waals surface area contributed by atoms with Crippen molar-refractivity contribution in [2.24, 2.45) is 0 Å². The van der Waals surface area contributed by atoms with Crippen LogP contribution < -0.4 is 10.6 Å². The maximum Gasteiger partial charge on any atom is 0.471 e. The Labute approximate surface area is 135 Å². The monoisotopic (exact) mass is 339 g/mol. The molecule has 1 atom stereocenters. The van der Waals surface area contributed by atoms with Crippen molar-refractivity contribution in [3.8, 4) is 0 Å². The third-order valence-electron chi connectivity index (χ3n) is 3.59. The highest BCUT2D eigenvalue weighted by Crippen LogP contribution is 2.30. The Morgan fingerprint density at radius 2 is 1.92 bits per heavy atom. The van der Waals surface area contributed by atoms with E-state index in [9.17, 15) is 22.4 Å². The molecular formula is C16H13F4N3O. The van der Waals surface area contributed by atoms with E-state index in [1.165, 1.54) is 29.2 Å². The fourth-order valence-corrected chi connectivity index (χ4v) is 2.49. The molecule has 1 aromatic carbocycles. The smallest absolute Gasteiger partial charge is 0.358 e. The van der Waals surface area contributed by atoms with Crippen molar-refractivity contribution in [2.75, 3.05) is 0 Å². The molecule has 2 aliphatic heterocycles. The predicted octanol–water partition coefficient (Wildman–Crippen LogP) is 2.84. The van der Waals surface area contributed by atoms with Crippen LogP contribution in [0.2, 0.25) is 0 Å². The first kappa shape index (κ1) is 16.1. The third kappa shape index (κ3) is 2.99. The Hall–Kier alpha value is -2.77. The summed E-state index contributed by atoms with van der Waals surface area (Å²) < 4.78 is 51.0. The highest BCUT2D eigenvalue weighted by atomic mass is 19.4. The molecule has 0 saturated heterocycles. The van der Waals surface area contributed by atoms with Gasteiger partial charge in [0, 0.05) is 11.8 Å². The van der Waals surface area contributed by atoms with Crippen molar-refractivity contribution < 1.29 is 22.4 Å². The summed E-state index contributed by atoms with van der Waals surface area (Å²) >= 11 is 0. The number of nitrogens with one attached hydrogen (secondary N) is 2. The van der Waals surface area contributed by atoms with Crippen molar-refractivity contribution in [3.63, 3.8) is 0 Å². The van der Waals surface area contributed by atoms with Crippen LogP contribution in [0.5, 0.6) is 0 Å². The lowest BCUT2D eigenvalue weighted by molar-refractivity contribution is -0.173. The normalized spacial score (nSPS) is 19.8. The second-order valence-corrected chi connectivity index (χ2v) is 5.41. The third-order valence-corrected chi connectivity index (χ3v) is 3.59. The van der Waals surface area contributed by atoms with Gasteiger partial charge in [-0.05, 0) is 42.8 Å². The zero-order valence-electron chi connectivity index (χ0n) is 12.5. The second kappa shape index (κ2) is 5.70. The molecule has 0 bridgehead atoms. The van der Waals surface area contributed by atoms with E-state index in [4.69, 9.17) is 0 Å². The van der Waals surface area contributed by atoms with Crippen molar-refractivity contribution >= 4 is 11.6 Å². The Morgan fingerprint density at radius 3 is 2.54 bits per heavy atom. The van der Waals surface area contributed by atoms with Crippen molar-refractivity contribution in [1.82, 2.24) is 15.5 Å². The van der Waals surface area contributed by atoms with Gasteiger partial charge in [0.05, 0.1) is 5.70 Å². The number of alkyl halides is 3. The minimum absolute atomic E-state index is 0.0300. The van der Waals surface area contributed by atoms with Crippen LogP contribution in [0, 0.1) is 5.82 Å². The average Bonchev–Trinajstić information content (AvgIpc) is 2.85. The van der Waals surface area contributed by atoms with E-state index < -0.39 is 24.1 Å². The van der Waals surface area contributed by atoms with Gasteiger partial charge >= 0.3 is 12.1 Å². The number of carbonyl (C=O) groups is 1. The van der Waals surface area contributed by atoms with E-state index in [0.29, 0.717) is 5.56 Å². The number of hydrogen-bond acceptors (Lipinski definition) is 3. The molecule has 0 aliphatic carbocycles. The number of benzene rings is 1. The number of allylic oxidation sites excluding steroid dienone is 2. The van der Waals surface area contributed by atoms with Gasteiger partial charge in [-0.1, -0.05) is 6.08 Å². The van der Waals surface area contributed by atoms with E-state index in [1.54, 1.807) is 19.2 Å². The molecule has 1 aromatic rings. The molecule has 0 fully saturated rings. The number of halogens is 4. The minimum Gasteiger partial charge on any atom is -0.358 e. The number of amides is 1. The maximum atomic E-state index is 13.1. The molecule has 2 heterocycles. The Kier molecular flexibility index (Phi) is 3.82. The SMILES string of the molecule is CC1=CN2C(NC(=O)C(F)(F)F)=C(c3ccc(F)cc3)NC2C=C1. The summed E-state index contributed by atoms with van der Waals surface area (Å²) in [4.78, 5) is 12.9. The van der Waals surface area contributed by atoms with Gasteiger partial charge < -0.3 is 15.5 Å². The van der Waals surface area contributed by atoms with Crippen molar-refractivity contribution in [3.05, 3.63) is 65.4 Å². The lowest BCUT2D eigenvalue weighted by Crippen LogP contribution is -2.42. The Bertz CT molecular complexity index is 763. The summed E-state index contributed by atoms with van der Waals surface area (Å²) in [6.07, 6.45) is -0.252. The summed E-state index contributed by atoms with van der Waals surface area (Å²) in [5.41, 5.74) is 1.56. The van der Waals surface area contributed by atoms with Crippen molar-refractivity contribution in [1.29, 1.82) is 0 Å². The van der Waals surface area contributed by atoms with Gasteiger partial charge in [0.15, 0.2) is 0 Å². The molecule has 8 heteroatoms. The quantitative estimate of drug-likeness (QED) is 0.815. The van der Waals surface area contributed by atoms with Crippen LogP contribution in [0.1, 0.15) is 12.5 Å². The van der Waals surface area contributed by atoms with Gasteiger partial charge in [-0.2, -0.15) is 13.2 Å².